The Morgan fingerprint density at radius 3 is 2.49 bits per heavy atom. The van der Waals surface area contributed by atoms with Crippen LogP contribution in [0.5, 0.6) is 0 Å². The lowest BCUT2D eigenvalue weighted by atomic mass is 9.82. The van der Waals surface area contributed by atoms with Gasteiger partial charge in [0.2, 0.25) is 5.91 Å². The molecular formula is C28H30N4O2S. The van der Waals surface area contributed by atoms with Gasteiger partial charge in [0.1, 0.15) is 0 Å². The van der Waals surface area contributed by atoms with Crippen molar-refractivity contribution >= 4 is 34.9 Å². The minimum Gasteiger partial charge on any atom is -0.308 e. The smallest absolute Gasteiger partial charge is 0.230 e. The van der Waals surface area contributed by atoms with E-state index in [0.29, 0.717) is 10.8 Å². The monoisotopic (exact) mass is 486 g/mol. The summed E-state index contributed by atoms with van der Waals surface area (Å²) in [4.78, 5) is 33.3. The number of hydrogen-bond donors (Lipinski definition) is 0. The predicted octanol–water partition coefficient (Wildman–Crippen LogP) is 6.51. The van der Waals surface area contributed by atoms with Crippen LogP contribution in [0.3, 0.4) is 0 Å². The summed E-state index contributed by atoms with van der Waals surface area (Å²) in [5, 5.41) is 4.59. The number of benzene rings is 1. The van der Waals surface area contributed by atoms with Gasteiger partial charge in [0.05, 0.1) is 16.3 Å². The molecule has 5 rings (SSSR count). The Morgan fingerprint density at radius 1 is 1.11 bits per heavy atom. The van der Waals surface area contributed by atoms with Crippen molar-refractivity contribution < 1.29 is 9.59 Å². The summed E-state index contributed by atoms with van der Waals surface area (Å²) in [5.41, 5.74) is 4.40. The molecule has 0 unspecified atom stereocenters. The van der Waals surface area contributed by atoms with Gasteiger partial charge in [-0.15, -0.1) is 11.3 Å². The number of fused-ring (bicyclic) bond motifs is 1. The molecule has 0 aliphatic heterocycles. The number of carbonyl (C=O) groups is 2. The van der Waals surface area contributed by atoms with Crippen LogP contribution in [0.2, 0.25) is 0 Å². The number of nitrogens with zero attached hydrogens (tertiary/aromatic N) is 4. The summed E-state index contributed by atoms with van der Waals surface area (Å²) in [6.45, 7) is 6.30. The minimum absolute atomic E-state index is 0.0194. The molecule has 0 saturated heterocycles. The third kappa shape index (κ3) is 4.65. The van der Waals surface area contributed by atoms with Crippen LogP contribution in [0, 0.1) is 11.8 Å². The second kappa shape index (κ2) is 9.74. The Hall–Kier alpha value is -3.32. The highest BCUT2D eigenvalue weighted by Gasteiger charge is 2.32. The van der Waals surface area contributed by atoms with Crippen LogP contribution in [0.25, 0.3) is 27.3 Å². The fourth-order valence-corrected chi connectivity index (χ4v) is 5.91. The molecule has 6 nitrogen and oxygen atoms in total. The van der Waals surface area contributed by atoms with Crippen LogP contribution in [-0.4, -0.2) is 32.8 Å². The molecule has 0 atom stereocenters. The molecule has 1 fully saturated rings. The number of rotatable bonds is 6. The van der Waals surface area contributed by atoms with Gasteiger partial charge in [-0.05, 0) is 63.1 Å². The minimum atomic E-state index is -0.0194. The maximum Gasteiger partial charge on any atom is 0.230 e. The molecule has 0 radical (unpaired) electrons. The SMILES string of the molecule is CC(C)N(c1cc(-c2ccc(-c3cc4ncccn4n3)cc2)sc1C=O)C(=O)[C@H]1CC[C@H](C)CC1. The molecule has 1 aliphatic rings. The van der Waals surface area contributed by atoms with Gasteiger partial charge in [-0.2, -0.15) is 5.10 Å². The van der Waals surface area contributed by atoms with Crippen molar-refractivity contribution in [3.8, 4) is 21.7 Å². The second-order valence-corrected chi connectivity index (χ2v) is 10.8. The molecule has 3 heterocycles. The van der Waals surface area contributed by atoms with Gasteiger partial charge in [-0.1, -0.05) is 31.2 Å². The lowest BCUT2D eigenvalue weighted by Gasteiger charge is -2.33. The fourth-order valence-electron chi connectivity index (χ4n) is 4.94. The van der Waals surface area contributed by atoms with Crippen molar-refractivity contribution in [1.29, 1.82) is 0 Å². The number of amides is 1. The van der Waals surface area contributed by atoms with Crippen LogP contribution in [0.1, 0.15) is 56.1 Å². The van der Waals surface area contributed by atoms with E-state index in [9.17, 15) is 9.59 Å². The fraction of sp³-hybridized carbons (Fsp3) is 0.357. The van der Waals surface area contributed by atoms with E-state index in [-0.39, 0.29) is 17.9 Å². The number of hydrogen-bond acceptors (Lipinski definition) is 5. The van der Waals surface area contributed by atoms with Crippen LogP contribution in [0.15, 0.2) is 54.9 Å². The Labute approximate surface area is 209 Å². The normalized spacial score (nSPS) is 18.2. The highest BCUT2D eigenvalue weighted by molar-refractivity contribution is 7.17. The number of thiophene rings is 1. The molecule has 180 valence electrons. The molecule has 1 amide bonds. The van der Waals surface area contributed by atoms with Crippen molar-refractivity contribution in [3.05, 3.63) is 59.7 Å². The standard InChI is InChI=1S/C28H30N4O2S/c1-18(2)32(28(34)22-7-5-19(3)6-8-22)24-16-25(35-26(24)17-33)21-11-9-20(10-12-21)23-15-27-29-13-4-14-31(27)30-23/h4,9-19,22H,5-8H2,1-3H3/t19-,22-. The van der Waals surface area contributed by atoms with E-state index in [2.05, 4.69) is 17.0 Å². The zero-order chi connectivity index (χ0) is 24.5. The third-order valence-electron chi connectivity index (χ3n) is 6.93. The summed E-state index contributed by atoms with van der Waals surface area (Å²) in [6, 6.07) is 13.9. The van der Waals surface area contributed by atoms with Crippen molar-refractivity contribution in [2.75, 3.05) is 4.90 Å². The molecule has 3 aromatic heterocycles. The molecule has 0 bridgehead atoms. The number of anilines is 1. The lowest BCUT2D eigenvalue weighted by Crippen LogP contribution is -2.42. The molecule has 1 aromatic carbocycles. The quantitative estimate of drug-likeness (QED) is 0.292. The van der Waals surface area contributed by atoms with Crippen molar-refractivity contribution in [2.24, 2.45) is 11.8 Å². The average molecular weight is 487 g/mol. The summed E-state index contributed by atoms with van der Waals surface area (Å²) < 4.78 is 1.76. The third-order valence-corrected chi connectivity index (χ3v) is 8.03. The first-order chi connectivity index (χ1) is 16.9. The molecule has 1 saturated carbocycles. The summed E-state index contributed by atoms with van der Waals surface area (Å²) in [5.74, 6) is 0.871. The topological polar surface area (TPSA) is 67.6 Å². The lowest BCUT2D eigenvalue weighted by molar-refractivity contribution is -0.123. The highest BCUT2D eigenvalue weighted by Crippen LogP contribution is 2.39. The summed E-state index contributed by atoms with van der Waals surface area (Å²) in [7, 11) is 0. The molecular weight excluding hydrogens is 456 g/mol. The molecule has 4 aromatic rings. The van der Waals surface area contributed by atoms with E-state index in [1.54, 1.807) is 10.7 Å². The van der Waals surface area contributed by atoms with E-state index in [1.807, 2.05) is 67.4 Å². The highest BCUT2D eigenvalue weighted by atomic mass is 32.1. The first kappa shape index (κ1) is 23.4. The maximum atomic E-state index is 13.5. The predicted molar refractivity (Wildman–Crippen MR) is 141 cm³/mol. The van der Waals surface area contributed by atoms with E-state index in [0.717, 1.165) is 65.0 Å². The molecule has 0 spiro atoms. The van der Waals surface area contributed by atoms with Gasteiger partial charge in [0.25, 0.3) is 0 Å². The maximum absolute atomic E-state index is 13.5. The van der Waals surface area contributed by atoms with Gasteiger partial charge in [0.15, 0.2) is 11.9 Å². The van der Waals surface area contributed by atoms with Crippen LogP contribution < -0.4 is 4.90 Å². The Bertz CT molecular complexity index is 1310. The van der Waals surface area contributed by atoms with Gasteiger partial charge in [0, 0.05) is 40.9 Å². The van der Waals surface area contributed by atoms with Crippen molar-refractivity contribution in [2.45, 2.75) is 52.5 Å². The van der Waals surface area contributed by atoms with Crippen molar-refractivity contribution in [3.63, 3.8) is 0 Å². The van der Waals surface area contributed by atoms with E-state index in [4.69, 9.17) is 0 Å². The van der Waals surface area contributed by atoms with E-state index < -0.39 is 0 Å². The largest absolute Gasteiger partial charge is 0.308 e. The van der Waals surface area contributed by atoms with E-state index >= 15 is 0 Å². The summed E-state index contributed by atoms with van der Waals surface area (Å²) >= 11 is 1.44. The second-order valence-electron chi connectivity index (χ2n) is 9.77. The van der Waals surface area contributed by atoms with Crippen LogP contribution in [0.4, 0.5) is 5.69 Å². The summed E-state index contributed by atoms with van der Waals surface area (Å²) in [6.07, 6.45) is 8.55. The zero-order valence-corrected chi connectivity index (χ0v) is 21.2. The Morgan fingerprint density at radius 2 is 1.83 bits per heavy atom. The zero-order valence-electron chi connectivity index (χ0n) is 20.3. The molecule has 1 aliphatic carbocycles. The Kier molecular flexibility index (Phi) is 6.52. The number of aromatic nitrogens is 3. The van der Waals surface area contributed by atoms with Gasteiger partial charge < -0.3 is 4.90 Å². The first-order valence-corrected chi connectivity index (χ1v) is 13.1. The van der Waals surface area contributed by atoms with Gasteiger partial charge in [-0.25, -0.2) is 9.50 Å². The average Bonchev–Trinajstić information content (AvgIpc) is 3.49. The van der Waals surface area contributed by atoms with Gasteiger partial charge in [-0.3, -0.25) is 9.59 Å². The van der Waals surface area contributed by atoms with Crippen LogP contribution in [-0.2, 0) is 4.79 Å². The molecule has 0 N–H and O–H groups in total. The van der Waals surface area contributed by atoms with Crippen LogP contribution >= 0.6 is 11.3 Å². The van der Waals surface area contributed by atoms with Gasteiger partial charge >= 0.3 is 0 Å². The van der Waals surface area contributed by atoms with Crippen molar-refractivity contribution in [1.82, 2.24) is 14.6 Å². The number of aldehydes is 1. The first-order valence-electron chi connectivity index (χ1n) is 12.3. The number of carbonyl (C=O) groups excluding carboxylic acids is 2. The molecule has 7 heteroatoms. The Balaban J connectivity index is 1.43. The van der Waals surface area contributed by atoms with E-state index in [1.165, 1.54) is 11.3 Å². The molecule has 35 heavy (non-hydrogen) atoms.